The van der Waals surface area contributed by atoms with E-state index >= 15 is 0 Å². The summed E-state index contributed by atoms with van der Waals surface area (Å²) < 4.78 is 28.3. The lowest BCUT2D eigenvalue weighted by Crippen LogP contribution is -2.43. The molecule has 5 nitrogen and oxygen atoms in total. The number of halogens is 2. The highest BCUT2D eigenvalue weighted by Gasteiger charge is 2.32. The third kappa shape index (κ3) is 2.89. The molecule has 2 atom stereocenters. The van der Waals surface area contributed by atoms with Gasteiger partial charge in [0.15, 0.2) is 11.6 Å². The molecule has 0 spiro atoms. The second kappa shape index (κ2) is 6.34. The molecule has 2 aliphatic rings. The van der Waals surface area contributed by atoms with E-state index in [0.29, 0.717) is 10.6 Å². The molecule has 2 unspecified atom stereocenters. The predicted octanol–water partition coefficient (Wildman–Crippen LogP) is 3.01. The van der Waals surface area contributed by atoms with E-state index in [9.17, 15) is 13.6 Å². The third-order valence-corrected chi connectivity index (χ3v) is 5.74. The van der Waals surface area contributed by atoms with Gasteiger partial charge in [-0.05, 0) is 18.9 Å². The zero-order valence-corrected chi connectivity index (χ0v) is 14.3. The number of amides is 1. The molecule has 0 radical (unpaired) electrons. The molecule has 1 aliphatic carbocycles. The molecule has 0 aromatic carbocycles. The lowest BCUT2D eigenvalue weighted by molar-refractivity contribution is 0.0966. The normalized spacial score (nSPS) is 22.6. The second-order valence-corrected chi connectivity index (χ2v) is 7.40. The van der Waals surface area contributed by atoms with E-state index in [1.165, 1.54) is 11.4 Å². The van der Waals surface area contributed by atoms with Crippen LogP contribution in [0.5, 0.6) is 0 Å². The average molecular weight is 364 g/mol. The monoisotopic (exact) mass is 364 g/mol. The van der Waals surface area contributed by atoms with Crippen molar-refractivity contribution in [1.82, 2.24) is 10.3 Å². The number of nitrogens with one attached hydrogen (secondary N) is 2. The van der Waals surface area contributed by atoms with Crippen molar-refractivity contribution in [3.63, 3.8) is 0 Å². The van der Waals surface area contributed by atoms with Gasteiger partial charge in [-0.3, -0.25) is 4.79 Å². The smallest absolute Gasteiger partial charge is 0.254 e. The Morgan fingerprint density at radius 2 is 2.12 bits per heavy atom. The van der Waals surface area contributed by atoms with Crippen LogP contribution in [0.4, 0.5) is 14.6 Å². The summed E-state index contributed by atoms with van der Waals surface area (Å²) in [6, 6.07) is 1.18. The molecule has 3 heterocycles. The van der Waals surface area contributed by atoms with E-state index in [2.05, 4.69) is 15.6 Å². The second-order valence-electron chi connectivity index (χ2n) is 6.49. The number of carbonyl (C=O) groups excluding carboxylic acids is 1. The molecular formula is C17H18F2N4OS. The van der Waals surface area contributed by atoms with Crippen LogP contribution in [0, 0.1) is 11.6 Å². The first kappa shape index (κ1) is 16.4. The van der Waals surface area contributed by atoms with Gasteiger partial charge in [0.1, 0.15) is 5.82 Å². The Hall–Kier alpha value is -2.06. The number of nitrogens with zero attached hydrogens (tertiary/aromatic N) is 1. The van der Waals surface area contributed by atoms with E-state index in [-0.39, 0.29) is 41.5 Å². The molecule has 0 bridgehead atoms. The van der Waals surface area contributed by atoms with Crippen molar-refractivity contribution < 1.29 is 13.6 Å². The lowest BCUT2D eigenvalue weighted by Gasteiger charge is -2.30. The number of fused-ring (bicyclic) bond motifs is 1. The van der Waals surface area contributed by atoms with Crippen LogP contribution >= 0.6 is 11.3 Å². The van der Waals surface area contributed by atoms with Gasteiger partial charge < -0.3 is 16.4 Å². The van der Waals surface area contributed by atoms with Gasteiger partial charge in [-0.2, -0.15) is 0 Å². The van der Waals surface area contributed by atoms with E-state index in [1.54, 1.807) is 0 Å². The number of rotatable bonds is 3. The van der Waals surface area contributed by atoms with E-state index in [4.69, 9.17) is 5.73 Å². The lowest BCUT2D eigenvalue weighted by atomic mass is 9.91. The first-order valence-electron chi connectivity index (χ1n) is 8.31. The van der Waals surface area contributed by atoms with Crippen molar-refractivity contribution in [2.24, 2.45) is 5.73 Å². The fraction of sp³-hybridized carbons (Fsp3) is 0.412. The Labute approximate surface area is 147 Å². The predicted molar refractivity (Wildman–Crippen MR) is 92.5 cm³/mol. The highest BCUT2D eigenvalue weighted by atomic mass is 32.1. The van der Waals surface area contributed by atoms with Gasteiger partial charge >= 0.3 is 0 Å². The maximum Gasteiger partial charge on any atom is 0.254 e. The minimum Gasteiger partial charge on any atom is -0.363 e. The molecule has 1 fully saturated rings. The number of pyridine rings is 1. The van der Waals surface area contributed by atoms with Crippen molar-refractivity contribution in [1.29, 1.82) is 0 Å². The van der Waals surface area contributed by atoms with Crippen molar-refractivity contribution in [3.05, 3.63) is 34.2 Å². The highest BCUT2D eigenvalue weighted by molar-refractivity contribution is 7.13. The van der Waals surface area contributed by atoms with Crippen LogP contribution in [-0.4, -0.2) is 23.0 Å². The summed E-state index contributed by atoms with van der Waals surface area (Å²) in [4.78, 5) is 17.0. The molecule has 1 saturated carbocycles. The number of thiophene rings is 1. The van der Waals surface area contributed by atoms with Crippen LogP contribution in [0.25, 0.3) is 10.6 Å². The summed E-state index contributed by atoms with van der Waals surface area (Å²) in [5.74, 6) is -1.23. The van der Waals surface area contributed by atoms with Gasteiger partial charge in [0, 0.05) is 29.6 Å². The Morgan fingerprint density at radius 3 is 2.84 bits per heavy atom. The fourth-order valence-corrected chi connectivity index (χ4v) is 4.25. The molecule has 4 N–H and O–H groups in total. The number of hydrogen-bond acceptors (Lipinski definition) is 5. The fourth-order valence-electron chi connectivity index (χ4n) is 3.51. The summed E-state index contributed by atoms with van der Waals surface area (Å²) in [6.07, 6.45) is 3.82. The summed E-state index contributed by atoms with van der Waals surface area (Å²) >= 11 is 1.14. The molecule has 0 saturated heterocycles. The summed E-state index contributed by atoms with van der Waals surface area (Å²) in [5.41, 5.74) is 6.92. The number of hydrogen-bond donors (Lipinski definition) is 3. The number of carbonyl (C=O) groups is 1. The summed E-state index contributed by atoms with van der Waals surface area (Å²) in [6.45, 7) is 0.106. The zero-order valence-electron chi connectivity index (χ0n) is 13.4. The molecule has 8 heteroatoms. The van der Waals surface area contributed by atoms with E-state index in [0.717, 1.165) is 37.0 Å². The molecular weight excluding hydrogens is 346 g/mol. The van der Waals surface area contributed by atoms with Crippen LogP contribution in [-0.2, 0) is 6.54 Å². The van der Waals surface area contributed by atoms with Crippen molar-refractivity contribution >= 4 is 23.1 Å². The third-order valence-electron chi connectivity index (χ3n) is 4.83. The largest absolute Gasteiger partial charge is 0.363 e. The average Bonchev–Trinajstić information content (AvgIpc) is 3.19. The van der Waals surface area contributed by atoms with Crippen molar-refractivity contribution in [2.45, 2.75) is 44.3 Å². The molecule has 1 amide bonds. The molecule has 1 aliphatic heterocycles. The van der Waals surface area contributed by atoms with Crippen LogP contribution < -0.4 is 16.4 Å². The van der Waals surface area contributed by atoms with E-state index < -0.39 is 11.6 Å². The maximum absolute atomic E-state index is 14.9. The molecule has 2 aromatic rings. The standard InChI is InChI=1S/C17H18F2N4OS/c18-8-5-12(25-7-8)15-13-9(6-21-17(13)24)14(19)16(23-15)22-11-4-2-1-3-10(11)20/h5,7,10-11H,1-4,6,20H2,(H,21,24)(H,22,23). The van der Waals surface area contributed by atoms with Gasteiger partial charge in [-0.25, -0.2) is 13.8 Å². The van der Waals surface area contributed by atoms with Crippen LogP contribution in [0.1, 0.15) is 41.6 Å². The van der Waals surface area contributed by atoms with Crippen LogP contribution in [0.2, 0.25) is 0 Å². The number of aromatic nitrogens is 1. The Kier molecular flexibility index (Phi) is 4.16. The van der Waals surface area contributed by atoms with Crippen LogP contribution in [0.3, 0.4) is 0 Å². The van der Waals surface area contributed by atoms with Crippen molar-refractivity contribution in [2.75, 3.05) is 5.32 Å². The quantitative estimate of drug-likeness (QED) is 0.782. The van der Waals surface area contributed by atoms with Gasteiger partial charge in [0.05, 0.1) is 16.1 Å². The topological polar surface area (TPSA) is 80.0 Å². The summed E-state index contributed by atoms with van der Waals surface area (Å²) in [7, 11) is 0. The van der Waals surface area contributed by atoms with Gasteiger partial charge in [-0.15, -0.1) is 11.3 Å². The Bertz CT molecular complexity index is 838. The zero-order chi connectivity index (χ0) is 17.6. The first-order valence-corrected chi connectivity index (χ1v) is 9.19. The minimum atomic E-state index is -0.535. The first-order chi connectivity index (χ1) is 12.0. The molecule has 25 heavy (non-hydrogen) atoms. The van der Waals surface area contributed by atoms with Crippen molar-refractivity contribution in [3.8, 4) is 10.6 Å². The highest BCUT2D eigenvalue weighted by Crippen LogP contribution is 2.36. The van der Waals surface area contributed by atoms with Gasteiger partial charge in [-0.1, -0.05) is 12.8 Å². The molecule has 4 rings (SSSR count). The Morgan fingerprint density at radius 1 is 1.32 bits per heavy atom. The number of anilines is 1. The molecule has 2 aromatic heterocycles. The molecule has 132 valence electrons. The maximum atomic E-state index is 14.9. The van der Waals surface area contributed by atoms with E-state index in [1.807, 2.05) is 0 Å². The van der Waals surface area contributed by atoms with Gasteiger partial charge in [0.2, 0.25) is 0 Å². The van der Waals surface area contributed by atoms with Gasteiger partial charge in [0.25, 0.3) is 5.91 Å². The minimum absolute atomic E-state index is 0.0632. The van der Waals surface area contributed by atoms with Crippen LogP contribution in [0.15, 0.2) is 11.4 Å². The Balaban J connectivity index is 1.79. The number of nitrogens with two attached hydrogens (primary N) is 1. The summed E-state index contributed by atoms with van der Waals surface area (Å²) in [5, 5.41) is 7.08. The SMILES string of the molecule is NC1CCCCC1Nc1nc(-c2cc(F)cs2)c2c(c1F)CNC2=O.